The van der Waals surface area contributed by atoms with E-state index in [9.17, 15) is 18.0 Å². The van der Waals surface area contributed by atoms with Gasteiger partial charge in [0, 0.05) is 17.5 Å². The van der Waals surface area contributed by atoms with E-state index in [1.165, 1.54) is 24.3 Å². The van der Waals surface area contributed by atoms with E-state index in [2.05, 4.69) is 10.0 Å². The molecule has 1 unspecified atom stereocenters. The van der Waals surface area contributed by atoms with E-state index in [0.29, 0.717) is 0 Å². The topological polar surface area (TPSA) is 118 Å². The van der Waals surface area contributed by atoms with Crippen LogP contribution < -0.4 is 15.8 Å². The van der Waals surface area contributed by atoms with Gasteiger partial charge in [-0.1, -0.05) is 30.3 Å². The molecular weight excluding hydrogens is 378 g/mol. The largest absolute Gasteiger partial charge is 0.368 e. The first-order valence-corrected chi connectivity index (χ1v) is 10.2. The van der Waals surface area contributed by atoms with Gasteiger partial charge in [0.2, 0.25) is 15.9 Å². The lowest BCUT2D eigenvalue weighted by atomic mass is 10.0. The number of hydrogen-bond acceptors (Lipinski definition) is 4. The molecule has 0 radical (unpaired) electrons. The van der Waals surface area contributed by atoms with Crippen LogP contribution in [0.15, 0.2) is 59.5 Å². The van der Waals surface area contributed by atoms with E-state index in [4.69, 9.17) is 5.73 Å². The van der Waals surface area contributed by atoms with Crippen LogP contribution in [0.1, 0.15) is 36.7 Å². The molecule has 0 aliphatic rings. The Morgan fingerprint density at radius 2 is 1.57 bits per heavy atom. The Morgan fingerprint density at radius 1 is 1.00 bits per heavy atom. The van der Waals surface area contributed by atoms with Gasteiger partial charge in [-0.15, -0.1) is 0 Å². The smallest absolute Gasteiger partial charge is 0.251 e. The third-order valence-corrected chi connectivity index (χ3v) is 5.57. The molecule has 0 fully saturated rings. The van der Waals surface area contributed by atoms with Crippen molar-refractivity contribution < 1.29 is 18.0 Å². The van der Waals surface area contributed by atoms with Crippen molar-refractivity contribution in [2.24, 2.45) is 5.73 Å². The second-order valence-electron chi connectivity index (χ2n) is 7.50. The van der Waals surface area contributed by atoms with Crippen LogP contribution >= 0.6 is 0 Å². The van der Waals surface area contributed by atoms with Gasteiger partial charge in [0.25, 0.3) is 5.91 Å². The zero-order valence-corrected chi connectivity index (χ0v) is 16.9. The number of rotatable bonds is 7. The zero-order chi connectivity index (χ0) is 20.9. The Hall–Kier alpha value is -2.71. The molecule has 1 atom stereocenters. The molecule has 2 amide bonds. The highest BCUT2D eigenvalue weighted by Crippen LogP contribution is 2.14. The Labute approximate surface area is 165 Å². The molecule has 28 heavy (non-hydrogen) atoms. The summed E-state index contributed by atoms with van der Waals surface area (Å²) in [7, 11) is -3.69. The first-order chi connectivity index (χ1) is 13.0. The van der Waals surface area contributed by atoms with E-state index in [0.717, 1.165) is 5.56 Å². The van der Waals surface area contributed by atoms with E-state index >= 15 is 0 Å². The van der Waals surface area contributed by atoms with Crippen molar-refractivity contribution in [3.8, 4) is 0 Å². The Morgan fingerprint density at radius 3 is 2.07 bits per heavy atom. The summed E-state index contributed by atoms with van der Waals surface area (Å²) in [4.78, 5) is 24.2. The van der Waals surface area contributed by atoms with Gasteiger partial charge < -0.3 is 11.1 Å². The van der Waals surface area contributed by atoms with Gasteiger partial charge in [-0.2, -0.15) is 0 Å². The summed E-state index contributed by atoms with van der Waals surface area (Å²) in [6, 6.07) is 13.8. The van der Waals surface area contributed by atoms with Crippen molar-refractivity contribution in [2.75, 3.05) is 0 Å². The predicted octanol–water partition coefficient (Wildman–Crippen LogP) is 1.59. The third-order valence-electron chi connectivity index (χ3n) is 3.80. The average Bonchev–Trinajstić information content (AvgIpc) is 2.60. The number of sulfonamides is 1. The number of nitrogens with two attached hydrogens (primary N) is 1. The molecule has 0 aliphatic carbocycles. The number of carbonyl (C=O) groups is 2. The lowest BCUT2D eigenvalue weighted by molar-refractivity contribution is -0.119. The van der Waals surface area contributed by atoms with Gasteiger partial charge in [0.15, 0.2) is 0 Å². The fraction of sp³-hybridized carbons (Fsp3) is 0.300. The molecule has 2 aromatic carbocycles. The summed E-state index contributed by atoms with van der Waals surface area (Å²) < 4.78 is 27.2. The average molecular weight is 404 g/mol. The van der Waals surface area contributed by atoms with E-state index in [1.54, 1.807) is 20.8 Å². The van der Waals surface area contributed by atoms with Gasteiger partial charge in [-0.05, 0) is 50.6 Å². The zero-order valence-electron chi connectivity index (χ0n) is 16.1. The Bertz CT molecular complexity index is 934. The van der Waals surface area contributed by atoms with Crippen molar-refractivity contribution in [3.05, 3.63) is 65.7 Å². The summed E-state index contributed by atoms with van der Waals surface area (Å²) in [5, 5.41) is 2.60. The maximum absolute atomic E-state index is 12.5. The molecule has 2 rings (SSSR count). The van der Waals surface area contributed by atoms with Crippen LogP contribution in [0.5, 0.6) is 0 Å². The lowest BCUT2D eigenvalue weighted by Gasteiger charge is -2.20. The number of primary amides is 1. The van der Waals surface area contributed by atoms with E-state index < -0.39 is 33.4 Å². The second kappa shape index (κ2) is 8.53. The molecule has 4 N–H and O–H groups in total. The number of carbonyl (C=O) groups excluding carboxylic acids is 2. The SMILES string of the molecule is CC(C)(C)NS(=O)(=O)c1ccc(C(=O)NC(Cc2ccccc2)C(N)=O)cc1. The molecule has 0 aliphatic heterocycles. The van der Waals surface area contributed by atoms with Crippen LogP contribution in [-0.2, 0) is 21.2 Å². The van der Waals surface area contributed by atoms with Gasteiger partial charge in [-0.3, -0.25) is 9.59 Å². The fourth-order valence-corrected chi connectivity index (χ4v) is 3.98. The Kier molecular flexibility index (Phi) is 6.58. The predicted molar refractivity (Wildman–Crippen MR) is 107 cm³/mol. The normalized spacial score (nSPS) is 13.0. The highest BCUT2D eigenvalue weighted by Gasteiger charge is 2.23. The minimum Gasteiger partial charge on any atom is -0.368 e. The number of benzene rings is 2. The summed E-state index contributed by atoms with van der Waals surface area (Å²) in [5.74, 6) is -1.15. The van der Waals surface area contributed by atoms with E-state index in [-0.39, 0.29) is 16.9 Å². The summed E-state index contributed by atoms with van der Waals surface area (Å²) >= 11 is 0. The van der Waals surface area contributed by atoms with Crippen molar-refractivity contribution in [1.82, 2.24) is 10.0 Å². The van der Waals surface area contributed by atoms with Crippen LogP contribution in [0.25, 0.3) is 0 Å². The molecule has 7 nitrogen and oxygen atoms in total. The maximum atomic E-state index is 12.5. The molecule has 8 heteroatoms. The van der Waals surface area contributed by atoms with Crippen molar-refractivity contribution in [1.29, 1.82) is 0 Å². The van der Waals surface area contributed by atoms with E-state index in [1.807, 2.05) is 30.3 Å². The standard InChI is InChI=1S/C20H25N3O4S/c1-20(2,3)23-28(26,27)16-11-9-15(10-12-16)19(25)22-17(18(21)24)13-14-7-5-4-6-8-14/h4-12,17,23H,13H2,1-3H3,(H2,21,24)(H,22,25). The van der Waals surface area contributed by atoms with Crippen molar-refractivity contribution in [3.63, 3.8) is 0 Å². The highest BCUT2D eigenvalue weighted by atomic mass is 32.2. The molecule has 0 saturated heterocycles. The van der Waals surface area contributed by atoms with Crippen LogP contribution in [-0.4, -0.2) is 31.8 Å². The summed E-state index contributed by atoms with van der Waals surface area (Å²) in [6.45, 7) is 5.22. The Balaban J connectivity index is 2.12. The molecule has 0 spiro atoms. The first kappa shape index (κ1) is 21.6. The van der Waals surface area contributed by atoms with Gasteiger partial charge >= 0.3 is 0 Å². The van der Waals surface area contributed by atoms with Gasteiger partial charge in [0.05, 0.1) is 4.90 Å². The summed E-state index contributed by atoms with van der Waals surface area (Å²) in [5.41, 5.74) is 5.88. The van der Waals surface area contributed by atoms with Crippen LogP contribution in [0, 0.1) is 0 Å². The molecule has 2 aromatic rings. The van der Waals surface area contributed by atoms with Crippen molar-refractivity contribution in [2.45, 2.75) is 43.7 Å². The molecule has 0 heterocycles. The minimum absolute atomic E-state index is 0.0507. The number of hydrogen-bond donors (Lipinski definition) is 3. The quantitative estimate of drug-likeness (QED) is 0.650. The third kappa shape index (κ3) is 6.17. The maximum Gasteiger partial charge on any atom is 0.251 e. The molecule has 0 bridgehead atoms. The molecule has 0 saturated carbocycles. The molecule has 0 aromatic heterocycles. The monoisotopic (exact) mass is 403 g/mol. The first-order valence-electron chi connectivity index (χ1n) is 8.76. The van der Waals surface area contributed by atoms with Crippen LogP contribution in [0.4, 0.5) is 0 Å². The van der Waals surface area contributed by atoms with Crippen LogP contribution in [0.3, 0.4) is 0 Å². The van der Waals surface area contributed by atoms with Crippen molar-refractivity contribution >= 4 is 21.8 Å². The van der Waals surface area contributed by atoms with Gasteiger partial charge in [0.1, 0.15) is 6.04 Å². The number of nitrogens with one attached hydrogen (secondary N) is 2. The fourth-order valence-electron chi connectivity index (χ4n) is 2.56. The number of amides is 2. The molecule has 150 valence electrons. The minimum atomic E-state index is -3.69. The van der Waals surface area contributed by atoms with Gasteiger partial charge in [-0.25, -0.2) is 13.1 Å². The lowest BCUT2D eigenvalue weighted by Crippen LogP contribution is -2.45. The second-order valence-corrected chi connectivity index (χ2v) is 9.18. The van der Waals surface area contributed by atoms with Crippen LogP contribution in [0.2, 0.25) is 0 Å². The highest BCUT2D eigenvalue weighted by molar-refractivity contribution is 7.89. The molecular formula is C20H25N3O4S. The summed E-state index contributed by atoms with van der Waals surface area (Å²) in [6.07, 6.45) is 0.268.